The second-order valence-electron chi connectivity index (χ2n) is 4.00. The van der Waals surface area contributed by atoms with Gasteiger partial charge in [-0.2, -0.15) is 18.3 Å². The molecule has 0 aliphatic carbocycles. The Morgan fingerprint density at radius 1 is 1.21 bits per heavy atom. The van der Waals surface area contributed by atoms with Gasteiger partial charge in [0, 0.05) is 6.20 Å². The summed E-state index contributed by atoms with van der Waals surface area (Å²) >= 11 is 0. The normalized spacial score (nSPS) is 11.6. The van der Waals surface area contributed by atoms with E-state index in [1.54, 1.807) is 18.2 Å². The van der Waals surface area contributed by atoms with Crippen LogP contribution in [0, 0.1) is 0 Å². The van der Waals surface area contributed by atoms with E-state index in [0.717, 1.165) is 17.1 Å². The van der Waals surface area contributed by atoms with Gasteiger partial charge >= 0.3 is 13.3 Å². The van der Waals surface area contributed by atoms with Crippen LogP contribution in [0.25, 0.3) is 0 Å². The number of alkyl halides is 3. The standard InChI is InChI=1S/C11H10BF3N2O2/c13-11(14,15)9-5-16-17(7-9)6-8-3-1-2-4-10(8)12(18)19/h1-5,7,18-19H,6H2. The molecule has 0 spiro atoms. The lowest BCUT2D eigenvalue weighted by atomic mass is 9.77. The Hall–Kier alpha value is -1.80. The molecule has 0 aliphatic heterocycles. The van der Waals surface area contributed by atoms with Gasteiger partial charge in [0.2, 0.25) is 0 Å². The van der Waals surface area contributed by atoms with Gasteiger partial charge in [0.25, 0.3) is 0 Å². The maximum Gasteiger partial charge on any atom is 0.488 e. The number of aromatic nitrogens is 2. The van der Waals surface area contributed by atoms with Gasteiger partial charge in [0.1, 0.15) is 0 Å². The number of hydrogen-bond donors (Lipinski definition) is 2. The first-order valence-electron chi connectivity index (χ1n) is 5.41. The highest BCUT2D eigenvalue weighted by atomic mass is 19.4. The van der Waals surface area contributed by atoms with Gasteiger partial charge in [-0.05, 0) is 11.0 Å². The molecular weight excluding hydrogens is 260 g/mol. The monoisotopic (exact) mass is 270 g/mol. The zero-order valence-corrected chi connectivity index (χ0v) is 9.67. The first kappa shape index (κ1) is 13.6. The van der Waals surface area contributed by atoms with E-state index in [1.807, 2.05) is 0 Å². The van der Waals surface area contributed by atoms with Crippen LogP contribution >= 0.6 is 0 Å². The van der Waals surface area contributed by atoms with Crippen molar-refractivity contribution in [1.29, 1.82) is 0 Å². The van der Waals surface area contributed by atoms with Gasteiger partial charge in [-0.25, -0.2) is 0 Å². The summed E-state index contributed by atoms with van der Waals surface area (Å²) in [4.78, 5) is 0. The molecule has 2 N–H and O–H groups in total. The molecule has 0 amide bonds. The summed E-state index contributed by atoms with van der Waals surface area (Å²) in [5, 5.41) is 21.9. The van der Waals surface area contributed by atoms with Gasteiger partial charge in [0.05, 0.1) is 18.3 Å². The van der Waals surface area contributed by atoms with E-state index in [0.29, 0.717) is 5.56 Å². The first-order valence-corrected chi connectivity index (χ1v) is 5.41. The van der Waals surface area contributed by atoms with E-state index in [2.05, 4.69) is 5.10 Å². The van der Waals surface area contributed by atoms with Crippen LogP contribution < -0.4 is 5.46 Å². The molecule has 4 nitrogen and oxygen atoms in total. The van der Waals surface area contributed by atoms with E-state index in [4.69, 9.17) is 10.0 Å². The molecule has 0 atom stereocenters. The van der Waals surface area contributed by atoms with Crippen molar-refractivity contribution in [3.63, 3.8) is 0 Å². The highest BCUT2D eigenvalue weighted by molar-refractivity contribution is 6.59. The molecule has 2 rings (SSSR count). The molecule has 100 valence electrons. The lowest BCUT2D eigenvalue weighted by Gasteiger charge is -2.08. The third-order valence-electron chi connectivity index (χ3n) is 2.63. The zero-order chi connectivity index (χ0) is 14.0. The fourth-order valence-electron chi connectivity index (χ4n) is 1.70. The van der Waals surface area contributed by atoms with Crippen molar-refractivity contribution in [2.24, 2.45) is 0 Å². The van der Waals surface area contributed by atoms with Gasteiger partial charge < -0.3 is 10.0 Å². The van der Waals surface area contributed by atoms with E-state index in [9.17, 15) is 13.2 Å². The minimum atomic E-state index is -4.44. The Balaban J connectivity index is 2.25. The number of nitrogens with zero attached hydrogens (tertiary/aromatic N) is 2. The number of halogens is 3. The molecule has 0 radical (unpaired) electrons. The number of rotatable bonds is 3. The topological polar surface area (TPSA) is 58.3 Å². The summed E-state index contributed by atoms with van der Waals surface area (Å²) < 4.78 is 38.3. The largest absolute Gasteiger partial charge is 0.488 e. The van der Waals surface area contributed by atoms with Gasteiger partial charge in [0.15, 0.2) is 0 Å². The van der Waals surface area contributed by atoms with Gasteiger partial charge in [-0.1, -0.05) is 24.3 Å². The van der Waals surface area contributed by atoms with Crippen molar-refractivity contribution in [2.75, 3.05) is 0 Å². The van der Waals surface area contributed by atoms with Crippen molar-refractivity contribution >= 4 is 12.6 Å². The van der Waals surface area contributed by atoms with E-state index in [1.165, 1.54) is 6.07 Å². The molecule has 1 heterocycles. The molecule has 8 heteroatoms. The van der Waals surface area contributed by atoms with Crippen molar-refractivity contribution in [3.05, 3.63) is 47.8 Å². The Labute approximate surface area is 107 Å². The quantitative estimate of drug-likeness (QED) is 0.804. The predicted octanol–water partition coefficient (Wildman–Crippen LogP) is 0.630. The molecule has 1 aromatic heterocycles. The second-order valence-corrected chi connectivity index (χ2v) is 4.00. The maximum atomic E-state index is 12.4. The summed E-state index contributed by atoms with van der Waals surface area (Å²) in [5.74, 6) is 0. The molecule has 19 heavy (non-hydrogen) atoms. The minimum Gasteiger partial charge on any atom is -0.423 e. The summed E-state index contributed by atoms with van der Waals surface area (Å²) in [6.45, 7) is 0.0316. The molecule has 1 aromatic carbocycles. The molecule has 0 aliphatic rings. The molecular formula is C11H10BF3N2O2. The third-order valence-corrected chi connectivity index (χ3v) is 2.63. The number of benzene rings is 1. The number of hydrogen-bond acceptors (Lipinski definition) is 3. The SMILES string of the molecule is OB(O)c1ccccc1Cn1cc(C(F)(F)F)cn1. The highest BCUT2D eigenvalue weighted by Gasteiger charge is 2.32. The average molecular weight is 270 g/mol. The van der Waals surface area contributed by atoms with Crippen molar-refractivity contribution in [1.82, 2.24) is 9.78 Å². The molecule has 2 aromatic rings. The highest BCUT2D eigenvalue weighted by Crippen LogP contribution is 2.28. The van der Waals surface area contributed by atoms with E-state index < -0.39 is 18.9 Å². The third kappa shape index (κ3) is 3.15. The predicted molar refractivity (Wildman–Crippen MR) is 62.6 cm³/mol. The first-order chi connectivity index (χ1) is 8.88. The Bertz CT molecular complexity index is 569. The molecule has 0 fully saturated rings. The summed E-state index contributed by atoms with van der Waals surface area (Å²) in [6.07, 6.45) is -2.83. The van der Waals surface area contributed by atoms with Crippen LogP contribution in [0.15, 0.2) is 36.7 Å². The van der Waals surface area contributed by atoms with Crippen molar-refractivity contribution in [3.8, 4) is 0 Å². The van der Waals surface area contributed by atoms with Gasteiger partial charge in [-0.3, -0.25) is 4.68 Å². The van der Waals surface area contributed by atoms with Crippen LogP contribution in [0.1, 0.15) is 11.1 Å². The molecule has 0 saturated heterocycles. The minimum absolute atomic E-state index is 0.0316. The summed E-state index contributed by atoms with van der Waals surface area (Å²) in [7, 11) is -1.67. The Kier molecular flexibility index (Phi) is 3.63. The second kappa shape index (κ2) is 5.06. The van der Waals surface area contributed by atoms with Crippen LogP contribution in [-0.2, 0) is 12.7 Å². The maximum absolute atomic E-state index is 12.4. The molecule has 0 unspecified atom stereocenters. The van der Waals surface area contributed by atoms with E-state index in [-0.39, 0.29) is 12.0 Å². The zero-order valence-electron chi connectivity index (χ0n) is 9.67. The van der Waals surface area contributed by atoms with E-state index >= 15 is 0 Å². The summed E-state index contributed by atoms with van der Waals surface area (Å²) in [5.41, 5.74) is -0.101. The molecule has 0 bridgehead atoms. The van der Waals surface area contributed by atoms with Crippen molar-refractivity contribution in [2.45, 2.75) is 12.7 Å². The lowest BCUT2D eigenvalue weighted by molar-refractivity contribution is -0.137. The summed E-state index contributed by atoms with van der Waals surface area (Å²) in [6, 6.07) is 6.37. The molecule has 0 saturated carbocycles. The fraction of sp³-hybridized carbons (Fsp3) is 0.182. The van der Waals surface area contributed by atoms with Crippen LogP contribution in [0.3, 0.4) is 0 Å². The smallest absolute Gasteiger partial charge is 0.423 e. The average Bonchev–Trinajstić information content (AvgIpc) is 2.77. The Morgan fingerprint density at radius 3 is 2.47 bits per heavy atom. The fourth-order valence-corrected chi connectivity index (χ4v) is 1.70. The van der Waals surface area contributed by atoms with Crippen LogP contribution in [-0.4, -0.2) is 26.9 Å². The van der Waals surface area contributed by atoms with Gasteiger partial charge in [-0.15, -0.1) is 0 Å². The lowest BCUT2D eigenvalue weighted by Crippen LogP contribution is -2.33. The van der Waals surface area contributed by atoms with Crippen LogP contribution in [0.2, 0.25) is 0 Å². The Morgan fingerprint density at radius 2 is 1.89 bits per heavy atom. The van der Waals surface area contributed by atoms with Crippen LogP contribution in [0.4, 0.5) is 13.2 Å². The van der Waals surface area contributed by atoms with Crippen molar-refractivity contribution < 1.29 is 23.2 Å². The van der Waals surface area contributed by atoms with Crippen LogP contribution in [0.5, 0.6) is 0 Å².